The van der Waals surface area contributed by atoms with E-state index in [1.807, 2.05) is 48.7 Å². The molecule has 304 valence electrons. The highest BCUT2D eigenvalue weighted by Crippen LogP contribution is 2.42. The van der Waals surface area contributed by atoms with Crippen molar-refractivity contribution in [3.63, 3.8) is 0 Å². The number of hydrogen-bond donors (Lipinski definition) is 1. The van der Waals surface area contributed by atoms with Crippen LogP contribution in [0.4, 0.5) is 17.2 Å². The molecule has 8 aromatic rings. The smallest absolute Gasteiger partial charge is 0.137 e. The van der Waals surface area contributed by atoms with Crippen molar-refractivity contribution in [2.24, 2.45) is 0 Å². The third kappa shape index (κ3) is 8.76. The van der Waals surface area contributed by atoms with E-state index in [9.17, 15) is 5.11 Å². The first-order valence-corrected chi connectivity index (χ1v) is 21.2. The Morgan fingerprint density at radius 3 is 1.61 bits per heavy atom. The lowest BCUT2D eigenvalue weighted by atomic mass is 9.78. The molecule has 2 aromatic heterocycles. The van der Waals surface area contributed by atoms with Crippen LogP contribution in [0.2, 0.25) is 0 Å². The molecule has 0 unspecified atom stereocenters. The van der Waals surface area contributed by atoms with Crippen LogP contribution in [0.3, 0.4) is 0 Å². The molecule has 0 amide bonds. The number of anilines is 3. The van der Waals surface area contributed by atoms with Crippen LogP contribution >= 0.6 is 0 Å². The third-order valence-electron chi connectivity index (χ3n) is 11.8. The second-order valence-electron chi connectivity index (χ2n) is 18.6. The molecule has 0 aliphatic heterocycles. The summed E-state index contributed by atoms with van der Waals surface area (Å²) >= 11 is 0. The average Bonchev–Trinajstić information content (AvgIpc) is 3.27. The second-order valence-corrected chi connectivity index (χ2v) is 18.6. The Balaban J connectivity index is 1.30. The van der Waals surface area contributed by atoms with Crippen LogP contribution in [-0.4, -0.2) is 15.1 Å². The van der Waals surface area contributed by atoms with Crippen molar-refractivity contribution < 1.29 is 5.11 Å². The Kier molecular flexibility index (Phi) is 11.0. The molecule has 0 bridgehead atoms. The fourth-order valence-electron chi connectivity index (χ4n) is 7.97. The van der Waals surface area contributed by atoms with Gasteiger partial charge in [-0.15, -0.1) is 0 Å². The van der Waals surface area contributed by atoms with Gasteiger partial charge in [0.2, 0.25) is 0 Å². The number of aromatic hydroxyl groups is 1. The van der Waals surface area contributed by atoms with Gasteiger partial charge in [0.1, 0.15) is 11.6 Å². The molecule has 8 rings (SSSR count). The van der Waals surface area contributed by atoms with Gasteiger partial charge in [-0.3, -0.25) is 4.90 Å². The molecule has 61 heavy (non-hydrogen) atoms. The predicted molar refractivity (Wildman–Crippen MR) is 256 cm³/mol. The Morgan fingerprint density at radius 1 is 0.410 bits per heavy atom. The Bertz CT molecular complexity index is 2760. The van der Waals surface area contributed by atoms with Gasteiger partial charge >= 0.3 is 0 Å². The maximum atomic E-state index is 11.7. The van der Waals surface area contributed by atoms with Crippen molar-refractivity contribution in [3.05, 3.63) is 204 Å². The topological polar surface area (TPSA) is 49.2 Å². The zero-order valence-corrected chi connectivity index (χ0v) is 36.6. The number of nitrogens with zero attached hydrogens (tertiary/aromatic N) is 3. The summed E-state index contributed by atoms with van der Waals surface area (Å²) in [4.78, 5) is 12.5. The van der Waals surface area contributed by atoms with Gasteiger partial charge in [0, 0.05) is 34.1 Å². The number of rotatable bonds is 9. The number of aromatic nitrogens is 2. The van der Waals surface area contributed by atoms with Crippen molar-refractivity contribution in [2.75, 3.05) is 4.90 Å². The van der Waals surface area contributed by atoms with Crippen LogP contribution in [0.1, 0.15) is 77.6 Å². The van der Waals surface area contributed by atoms with Gasteiger partial charge in [-0.1, -0.05) is 165 Å². The van der Waals surface area contributed by atoms with E-state index in [2.05, 4.69) is 194 Å². The first kappa shape index (κ1) is 41.0. The normalized spacial score (nSPS) is 12.0. The summed E-state index contributed by atoms with van der Waals surface area (Å²) in [6, 6.07) is 61.5. The number of phenols is 1. The minimum Gasteiger partial charge on any atom is -0.507 e. The molecule has 1 N–H and O–H groups in total. The molecule has 4 nitrogen and oxygen atoms in total. The van der Waals surface area contributed by atoms with Gasteiger partial charge in [-0.05, 0) is 122 Å². The zero-order chi connectivity index (χ0) is 42.9. The van der Waals surface area contributed by atoms with Gasteiger partial charge in [0.05, 0.1) is 11.4 Å². The van der Waals surface area contributed by atoms with Crippen molar-refractivity contribution in [2.45, 2.75) is 71.6 Å². The van der Waals surface area contributed by atoms with E-state index >= 15 is 0 Å². The van der Waals surface area contributed by atoms with E-state index in [-0.39, 0.29) is 22.0 Å². The predicted octanol–water partition coefficient (Wildman–Crippen LogP) is 15.2. The minimum absolute atomic E-state index is 0.0289. The summed E-state index contributed by atoms with van der Waals surface area (Å²) in [5, 5.41) is 11.7. The molecule has 0 atom stereocenters. The number of pyridine rings is 2. The third-order valence-corrected chi connectivity index (χ3v) is 11.8. The molecule has 0 fully saturated rings. The van der Waals surface area contributed by atoms with E-state index in [0.717, 1.165) is 50.7 Å². The Labute approximate surface area is 362 Å². The molecule has 0 aliphatic rings. The number of benzene rings is 6. The lowest BCUT2D eigenvalue weighted by molar-refractivity contribution is 0.477. The second kappa shape index (κ2) is 16.3. The lowest BCUT2D eigenvalue weighted by Gasteiger charge is -2.30. The summed E-state index contributed by atoms with van der Waals surface area (Å²) in [6.45, 7) is 18.0. The van der Waals surface area contributed by atoms with E-state index in [0.29, 0.717) is 11.3 Å². The summed E-state index contributed by atoms with van der Waals surface area (Å²) in [6.07, 6.45) is 1.85. The van der Waals surface area contributed by atoms with Gasteiger partial charge < -0.3 is 5.11 Å². The van der Waals surface area contributed by atoms with E-state index in [1.165, 1.54) is 22.3 Å². The fourth-order valence-corrected chi connectivity index (χ4v) is 7.97. The van der Waals surface area contributed by atoms with Crippen LogP contribution < -0.4 is 4.90 Å². The van der Waals surface area contributed by atoms with E-state index < -0.39 is 0 Å². The number of hydrogen-bond acceptors (Lipinski definition) is 4. The molecule has 0 radical (unpaired) electrons. The van der Waals surface area contributed by atoms with Crippen molar-refractivity contribution in [1.29, 1.82) is 0 Å². The monoisotopic (exact) mass is 797 g/mol. The molecular weight excluding hydrogens is 743 g/mol. The summed E-state index contributed by atoms with van der Waals surface area (Å²) in [5.41, 5.74) is 13.9. The Morgan fingerprint density at radius 2 is 0.984 bits per heavy atom. The maximum Gasteiger partial charge on any atom is 0.137 e. The molecular formula is C57H55N3O. The molecule has 4 heteroatoms. The van der Waals surface area contributed by atoms with Crippen molar-refractivity contribution in [1.82, 2.24) is 9.97 Å². The van der Waals surface area contributed by atoms with Crippen molar-refractivity contribution >= 4 is 17.2 Å². The van der Waals surface area contributed by atoms with Gasteiger partial charge in [0.15, 0.2) is 0 Å². The van der Waals surface area contributed by atoms with Crippen LogP contribution in [0.25, 0.3) is 44.8 Å². The molecule has 0 spiro atoms. The molecule has 0 saturated heterocycles. The number of phenolic OH excluding ortho intramolecular Hbond substituents is 1. The minimum atomic E-state index is -0.182. The van der Waals surface area contributed by atoms with E-state index in [1.54, 1.807) is 0 Å². The maximum absolute atomic E-state index is 11.7. The quantitative estimate of drug-likeness (QED) is 0.158. The fraction of sp³-hybridized carbons (Fsp3) is 0.193. The van der Waals surface area contributed by atoms with Crippen LogP contribution in [0, 0.1) is 0 Å². The highest BCUT2D eigenvalue weighted by molar-refractivity contribution is 5.83. The lowest BCUT2D eigenvalue weighted by Crippen LogP contribution is -2.19. The van der Waals surface area contributed by atoms with Gasteiger partial charge in [-0.2, -0.15) is 0 Å². The van der Waals surface area contributed by atoms with Crippen molar-refractivity contribution in [3.8, 4) is 50.5 Å². The molecule has 2 heterocycles. The van der Waals surface area contributed by atoms with Gasteiger partial charge in [0.25, 0.3) is 0 Å². The van der Waals surface area contributed by atoms with Crippen LogP contribution in [0.5, 0.6) is 5.75 Å². The summed E-state index contributed by atoms with van der Waals surface area (Å²) < 4.78 is 0. The SMILES string of the molecule is CC(C)(C)c1ccc(-c2cc(-c3cc(N(c4ccc(C(C)(C)c5ccccc5)cc4)c4ccccn4)cc(C(C)(C)C)c3)nc(-c3ccc(-c4ccccc4)cc3O)c2)cc1. The van der Waals surface area contributed by atoms with Crippen LogP contribution in [0.15, 0.2) is 182 Å². The molecule has 6 aromatic carbocycles. The Hall–Kier alpha value is -6.78. The first-order chi connectivity index (χ1) is 29.1. The standard InChI is InChI=1S/C57H55N3O/c1-55(2,3)44-25-22-40(23-26-44)42-35-51(59-52(36-42)50-31-24-41(37-53(50)61)39-17-11-9-12-18-39)43-33-47(56(4,5)6)38-49(34-43)60(54-21-15-16-32-58-54)48-29-27-46(28-30-48)57(7,8)45-19-13-10-14-20-45/h9-38,61H,1-8H3. The average molecular weight is 798 g/mol. The van der Waals surface area contributed by atoms with Crippen LogP contribution in [-0.2, 0) is 16.2 Å². The highest BCUT2D eigenvalue weighted by atomic mass is 16.3. The molecule has 0 saturated carbocycles. The highest BCUT2D eigenvalue weighted by Gasteiger charge is 2.25. The largest absolute Gasteiger partial charge is 0.507 e. The van der Waals surface area contributed by atoms with Gasteiger partial charge in [-0.25, -0.2) is 9.97 Å². The first-order valence-electron chi connectivity index (χ1n) is 21.2. The summed E-state index contributed by atoms with van der Waals surface area (Å²) in [7, 11) is 0. The summed E-state index contributed by atoms with van der Waals surface area (Å²) in [5.74, 6) is 1.00. The zero-order valence-electron chi connectivity index (χ0n) is 36.6. The molecule has 0 aliphatic carbocycles. The van der Waals surface area contributed by atoms with E-state index in [4.69, 9.17) is 9.97 Å².